The fraction of sp³-hybridized carbons (Fsp3) is 0.143. The number of para-hydroxylation sites is 1. The summed E-state index contributed by atoms with van der Waals surface area (Å²) in [6.45, 7) is 1.97. The first-order chi connectivity index (χ1) is 14.4. The number of nitrogens with zero attached hydrogens (tertiary/aromatic N) is 3. The van der Waals surface area contributed by atoms with Crippen LogP contribution in [0.3, 0.4) is 0 Å². The molecule has 9 heteroatoms. The van der Waals surface area contributed by atoms with Crippen LogP contribution in [0.4, 0.5) is 5.69 Å². The van der Waals surface area contributed by atoms with Crippen molar-refractivity contribution in [2.75, 3.05) is 0 Å². The molecule has 1 aromatic carbocycles. The van der Waals surface area contributed by atoms with Crippen molar-refractivity contribution in [3.8, 4) is 0 Å². The van der Waals surface area contributed by atoms with E-state index >= 15 is 0 Å². The minimum atomic E-state index is -0.913. The summed E-state index contributed by atoms with van der Waals surface area (Å²) in [6.07, 6.45) is 2.97. The van der Waals surface area contributed by atoms with Crippen LogP contribution in [-0.2, 0) is 4.79 Å². The van der Waals surface area contributed by atoms with Crippen LogP contribution in [0.1, 0.15) is 34.2 Å². The fourth-order valence-corrected chi connectivity index (χ4v) is 2.57. The van der Waals surface area contributed by atoms with E-state index in [1.165, 1.54) is 30.5 Å². The number of hydrogen-bond acceptors (Lipinski definition) is 6. The van der Waals surface area contributed by atoms with Crippen molar-refractivity contribution in [1.82, 2.24) is 15.3 Å². The third-order valence-electron chi connectivity index (χ3n) is 3.93. The predicted molar refractivity (Wildman–Crippen MR) is 110 cm³/mol. The Balaban J connectivity index is 0.000000386. The van der Waals surface area contributed by atoms with Crippen molar-refractivity contribution in [2.24, 2.45) is 5.73 Å². The Bertz CT molecular complexity index is 997. The maximum Gasteiger partial charge on any atom is 0.274 e. The number of carbonyl (C=O) groups is 2. The van der Waals surface area contributed by atoms with E-state index in [1.807, 2.05) is 25.1 Å². The number of nitro benzene ring substituents is 1. The van der Waals surface area contributed by atoms with Crippen LogP contribution >= 0.6 is 0 Å². The third-order valence-corrected chi connectivity index (χ3v) is 3.93. The zero-order valence-electron chi connectivity index (χ0n) is 16.3. The summed E-state index contributed by atoms with van der Waals surface area (Å²) in [4.78, 5) is 41.9. The maximum atomic E-state index is 12.2. The van der Waals surface area contributed by atoms with Crippen LogP contribution in [0.2, 0.25) is 0 Å². The highest BCUT2D eigenvalue weighted by Gasteiger charge is 2.25. The summed E-state index contributed by atoms with van der Waals surface area (Å²) in [6, 6.07) is 15.6. The molecule has 3 N–H and O–H groups in total. The second kappa shape index (κ2) is 11.0. The molecular formula is C21H21N5O4. The molecule has 2 heterocycles. The van der Waals surface area contributed by atoms with Gasteiger partial charge in [-0.2, -0.15) is 0 Å². The number of aryl methyl sites for hydroxylation is 1. The lowest BCUT2D eigenvalue weighted by atomic mass is 10.0. The zero-order chi connectivity index (χ0) is 21.9. The van der Waals surface area contributed by atoms with Gasteiger partial charge in [-0.3, -0.25) is 29.7 Å². The van der Waals surface area contributed by atoms with Gasteiger partial charge in [-0.15, -0.1) is 0 Å². The van der Waals surface area contributed by atoms with Crippen molar-refractivity contribution >= 4 is 17.5 Å². The summed E-state index contributed by atoms with van der Waals surface area (Å²) in [7, 11) is 0. The molecule has 9 nitrogen and oxygen atoms in total. The smallest absolute Gasteiger partial charge is 0.274 e. The Morgan fingerprint density at radius 2 is 1.67 bits per heavy atom. The molecule has 154 valence electrons. The molecule has 0 radical (unpaired) electrons. The summed E-state index contributed by atoms with van der Waals surface area (Å²) in [5.41, 5.74) is 6.42. The summed E-state index contributed by atoms with van der Waals surface area (Å²) in [5.74, 6) is -1.23. The number of primary amides is 1. The number of benzene rings is 1. The lowest BCUT2D eigenvalue weighted by Crippen LogP contribution is -2.32. The number of hydrogen-bond donors (Lipinski definition) is 2. The van der Waals surface area contributed by atoms with Gasteiger partial charge >= 0.3 is 0 Å². The van der Waals surface area contributed by atoms with Crippen molar-refractivity contribution in [3.63, 3.8) is 0 Å². The Labute approximate surface area is 173 Å². The first kappa shape index (κ1) is 22.2. The second-order valence-corrected chi connectivity index (χ2v) is 6.20. The summed E-state index contributed by atoms with van der Waals surface area (Å²) in [5, 5.41) is 13.7. The van der Waals surface area contributed by atoms with Crippen LogP contribution in [0, 0.1) is 17.0 Å². The molecule has 2 aromatic heterocycles. The van der Waals surface area contributed by atoms with Crippen LogP contribution in [-0.4, -0.2) is 26.7 Å². The lowest BCUT2D eigenvalue weighted by molar-refractivity contribution is -0.385. The largest absolute Gasteiger partial charge is 0.370 e. The minimum absolute atomic E-state index is 0.139. The molecule has 0 aliphatic heterocycles. The average Bonchev–Trinajstić information content (AvgIpc) is 2.74. The van der Waals surface area contributed by atoms with Gasteiger partial charge in [0.05, 0.1) is 22.9 Å². The van der Waals surface area contributed by atoms with Gasteiger partial charge in [0.15, 0.2) is 0 Å². The van der Waals surface area contributed by atoms with E-state index in [4.69, 9.17) is 5.73 Å². The van der Waals surface area contributed by atoms with Gasteiger partial charge in [0, 0.05) is 24.2 Å². The Morgan fingerprint density at radius 1 is 1.03 bits per heavy atom. The monoisotopic (exact) mass is 407 g/mol. The number of nitrogens with one attached hydrogen (secondary N) is 1. The maximum absolute atomic E-state index is 12.2. The molecule has 0 aliphatic rings. The van der Waals surface area contributed by atoms with Gasteiger partial charge in [-0.05, 0) is 31.2 Å². The minimum Gasteiger partial charge on any atom is -0.370 e. The molecule has 30 heavy (non-hydrogen) atoms. The van der Waals surface area contributed by atoms with E-state index in [2.05, 4.69) is 15.3 Å². The van der Waals surface area contributed by atoms with Crippen LogP contribution < -0.4 is 11.1 Å². The Kier molecular flexibility index (Phi) is 8.13. The molecule has 2 amide bonds. The van der Waals surface area contributed by atoms with Gasteiger partial charge < -0.3 is 11.1 Å². The second-order valence-electron chi connectivity index (χ2n) is 6.20. The quantitative estimate of drug-likeness (QED) is 0.475. The number of nitrogens with two attached hydrogens (primary N) is 1. The molecule has 3 aromatic rings. The Hall–Kier alpha value is -4.14. The van der Waals surface area contributed by atoms with E-state index in [1.54, 1.807) is 24.4 Å². The number of rotatable bonds is 6. The SMILES string of the molecule is Cc1ccccn1.NC(=O)CC(NC(=O)c1ccccn1)c1ccccc1[N+](=O)[O-]. The first-order valence-corrected chi connectivity index (χ1v) is 8.99. The van der Waals surface area contributed by atoms with Crippen molar-refractivity contribution in [1.29, 1.82) is 0 Å². The van der Waals surface area contributed by atoms with Crippen molar-refractivity contribution < 1.29 is 14.5 Å². The van der Waals surface area contributed by atoms with E-state index in [-0.39, 0.29) is 23.4 Å². The molecule has 3 rings (SSSR count). The van der Waals surface area contributed by atoms with Crippen LogP contribution in [0.15, 0.2) is 73.1 Å². The normalized spacial score (nSPS) is 10.8. The molecule has 0 aliphatic carbocycles. The highest BCUT2D eigenvalue weighted by Crippen LogP contribution is 2.27. The predicted octanol–water partition coefficient (Wildman–Crippen LogP) is 2.73. The van der Waals surface area contributed by atoms with Crippen LogP contribution in [0.5, 0.6) is 0 Å². The fourth-order valence-electron chi connectivity index (χ4n) is 2.57. The summed E-state index contributed by atoms with van der Waals surface area (Å²) < 4.78 is 0. The standard InChI is InChI=1S/C15H14N4O4.C6H7N/c16-14(20)9-12(10-5-1-2-7-13(10)19(22)23)18-15(21)11-6-3-4-8-17-11;1-6-4-2-3-5-7-6/h1-8,12H,9H2,(H2,16,20)(H,18,21);2-5H,1H3. The molecule has 1 atom stereocenters. The van der Waals surface area contributed by atoms with Crippen molar-refractivity contribution in [3.05, 3.63) is 100 Å². The summed E-state index contributed by atoms with van der Waals surface area (Å²) >= 11 is 0. The zero-order valence-corrected chi connectivity index (χ0v) is 16.3. The van der Waals surface area contributed by atoms with Gasteiger partial charge in [0.2, 0.25) is 5.91 Å². The molecule has 0 bridgehead atoms. The van der Waals surface area contributed by atoms with Crippen LogP contribution in [0.25, 0.3) is 0 Å². The molecule has 0 spiro atoms. The number of amides is 2. The lowest BCUT2D eigenvalue weighted by Gasteiger charge is -2.17. The molecule has 0 saturated carbocycles. The Morgan fingerprint density at radius 3 is 2.17 bits per heavy atom. The van der Waals surface area contributed by atoms with E-state index in [9.17, 15) is 19.7 Å². The van der Waals surface area contributed by atoms with E-state index in [0.29, 0.717) is 0 Å². The number of pyridine rings is 2. The molecular weight excluding hydrogens is 386 g/mol. The molecule has 0 fully saturated rings. The highest BCUT2D eigenvalue weighted by molar-refractivity contribution is 5.93. The number of nitro groups is 1. The van der Waals surface area contributed by atoms with Gasteiger partial charge in [-0.1, -0.05) is 30.3 Å². The van der Waals surface area contributed by atoms with E-state index in [0.717, 1.165) is 5.69 Å². The molecule has 0 saturated heterocycles. The van der Waals surface area contributed by atoms with Crippen molar-refractivity contribution in [2.45, 2.75) is 19.4 Å². The highest BCUT2D eigenvalue weighted by atomic mass is 16.6. The molecule has 1 unspecified atom stereocenters. The average molecular weight is 407 g/mol. The number of aromatic nitrogens is 2. The topological polar surface area (TPSA) is 141 Å². The first-order valence-electron chi connectivity index (χ1n) is 8.99. The van der Waals surface area contributed by atoms with Gasteiger partial charge in [0.1, 0.15) is 5.69 Å². The number of carbonyl (C=O) groups excluding carboxylic acids is 2. The van der Waals surface area contributed by atoms with E-state index < -0.39 is 22.8 Å². The van der Waals surface area contributed by atoms with Gasteiger partial charge in [-0.25, -0.2) is 0 Å². The third kappa shape index (κ3) is 6.79. The van der Waals surface area contributed by atoms with Gasteiger partial charge in [0.25, 0.3) is 11.6 Å².